The number of halogens is 3. The Morgan fingerprint density at radius 1 is 0.917 bits per heavy atom. The van der Waals surface area contributed by atoms with E-state index >= 15 is 0 Å². The zero-order valence-electron chi connectivity index (χ0n) is 13.6. The number of benzene rings is 1. The number of ketones is 1. The highest BCUT2D eigenvalue weighted by Gasteiger charge is 2.32. The molecule has 134 valence electrons. The fraction of sp³-hybridized carbons (Fsp3) is 0.556. The van der Waals surface area contributed by atoms with Gasteiger partial charge in [-0.2, -0.15) is 0 Å². The molecule has 0 radical (unpaired) electrons. The number of Topliss-reactive ketones (excluding diaryl/α,β-unsaturated/α-hetero) is 1. The molecule has 24 heavy (non-hydrogen) atoms. The van der Waals surface area contributed by atoms with E-state index in [1.807, 2.05) is 24.3 Å². The van der Waals surface area contributed by atoms with E-state index in [2.05, 4.69) is 0 Å². The van der Waals surface area contributed by atoms with Crippen molar-refractivity contribution in [3.63, 3.8) is 0 Å². The van der Waals surface area contributed by atoms with Gasteiger partial charge in [-0.05, 0) is 56.2 Å². The zero-order chi connectivity index (χ0) is 18.0. The van der Waals surface area contributed by atoms with E-state index < -0.39 is 10.3 Å². The third kappa shape index (κ3) is 8.91. The highest BCUT2D eigenvalue weighted by atomic mass is 35.5. The van der Waals surface area contributed by atoms with Crippen molar-refractivity contribution in [1.29, 1.82) is 0 Å². The van der Waals surface area contributed by atoms with Crippen LogP contribution in [0.5, 0.6) is 0 Å². The first-order chi connectivity index (χ1) is 11.3. The molecular formula is C18H23Cl3O3. The topological polar surface area (TPSA) is 54.4 Å². The second-order valence-electron chi connectivity index (χ2n) is 5.94. The number of alkyl halides is 2. The lowest BCUT2D eigenvalue weighted by molar-refractivity contribution is -0.138. The van der Waals surface area contributed by atoms with Crippen molar-refractivity contribution >= 4 is 46.6 Å². The minimum absolute atomic E-state index is 0.195. The number of carboxylic acids is 1. The molecule has 0 aliphatic heterocycles. The molecule has 0 bridgehead atoms. The van der Waals surface area contributed by atoms with Gasteiger partial charge in [-0.25, -0.2) is 4.79 Å². The molecule has 1 aromatic rings. The summed E-state index contributed by atoms with van der Waals surface area (Å²) in [7, 11) is 0. The largest absolute Gasteiger partial charge is 0.479 e. The van der Waals surface area contributed by atoms with Crippen molar-refractivity contribution in [2.24, 2.45) is 0 Å². The van der Waals surface area contributed by atoms with Gasteiger partial charge in [0, 0.05) is 17.9 Å². The van der Waals surface area contributed by atoms with Gasteiger partial charge in [0.15, 0.2) is 0 Å². The maximum atomic E-state index is 11.8. The van der Waals surface area contributed by atoms with Crippen molar-refractivity contribution in [3.05, 3.63) is 34.9 Å². The van der Waals surface area contributed by atoms with Crippen LogP contribution in [0.3, 0.4) is 0 Å². The van der Waals surface area contributed by atoms with Crippen LogP contribution in [0.1, 0.15) is 56.9 Å². The molecule has 0 saturated heterocycles. The first-order valence-corrected chi connectivity index (χ1v) is 9.32. The first kappa shape index (κ1) is 21.3. The molecule has 0 amide bonds. The van der Waals surface area contributed by atoms with Crippen LogP contribution in [-0.2, 0) is 16.0 Å². The number of carboxylic acid groups (broad SMARTS) is 1. The van der Waals surface area contributed by atoms with Crippen LogP contribution in [0.2, 0.25) is 5.02 Å². The molecule has 1 N–H and O–H groups in total. The number of carbonyl (C=O) groups is 2. The lowest BCUT2D eigenvalue weighted by atomic mass is 10.0. The Morgan fingerprint density at radius 3 is 2.08 bits per heavy atom. The fourth-order valence-corrected chi connectivity index (χ4v) is 2.77. The van der Waals surface area contributed by atoms with Crippen LogP contribution in [0.4, 0.5) is 0 Å². The highest BCUT2D eigenvalue weighted by molar-refractivity contribution is 6.57. The third-order valence-corrected chi connectivity index (χ3v) is 4.80. The highest BCUT2D eigenvalue weighted by Crippen LogP contribution is 2.28. The summed E-state index contributed by atoms with van der Waals surface area (Å²) in [5.41, 5.74) is 1.23. The van der Waals surface area contributed by atoms with Crippen LogP contribution in [0, 0.1) is 0 Å². The van der Waals surface area contributed by atoms with Gasteiger partial charge < -0.3 is 5.11 Å². The molecule has 1 aromatic carbocycles. The van der Waals surface area contributed by atoms with E-state index in [1.54, 1.807) is 0 Å². The van der Waals surface area contributed by atoms with Gasteiger partial charge in [0.25, 0.3) is 0 Å². The number of unbranched alkanes of at least 4 members (excludes halogenated alkanes) is 3. The molecule has 0 spiro atoms. The van der Waals surface area contributed by atoms with Crippen molar-refractivity contribution < 1.29 is 14.7 Å². The van der Waals surface area contributed by atoms with E-state index in [9.17, 15) is 9.59 Å². The van der Waals surface area contributed by atoms with Gasteiger partial charge in [0.1, 0.15) is 5.78 Å². The van der Waals surface area contributed by atoms with Gasteiger partial charge in [-0.1, -0.05) is 53.4 Å². The van der Waals surface area contributed by atoms with Crippen LogP contribution in [-0.4, -0.2) is 21.2 Å². The van der Waals surface area contributed by atoms with Crippen molar-refractivity contribution in [2.75, 3.05) is 0 Å². The van der Waals surface area contributed by atoms with E-state index in [4.69, 9.17) is 39.9 Å². The van der Waals surface area contributed by atoms with Gasteiger partial charge in [0.2, 0.25) is 4.33 Å². The summed E-state index contributed by atoms with van der Waals surface area (Å²) in [5.74, 6) is -0.963. The standard InChI is InChI=1S/C18H23Cl3O3/c19-15-11-9-14(10-12-15)6-3-4-8-16(22)7-2-1-5-13-18(20,21)17(23)24/h9-12H,1-8,13H2,(H,23,24). The second-order valence-corrected chi connectivity index (χ2v) is 7.86. The van der Waals surface area contributed by atoms with Crippen LogP contribution in [0.15, 0.2) is 24.3 Å². The Bertz CT molecular complexity index is 527. The summed E-state index contributed by atoms with van der Waals surface area (Å²) >= 11 is 17.1. The SMILES string of the molecule is O=C(CCCCCC(Cl)(Cl)C(=O)O)CCCCc1ccc(Cl)cc1. The van der Waals surface area contributed by atoms with Gasteiger partial charge in [0.05, 0.1) is 0 Å². The lowest BCUT2D eigenvalue weighted by Gasteiger charge is -2.13. The summed E-state index contributed by atoms with van der Waals surface area (Å²) < 4.78 is -1.72. The molecule has 3 nitrogen and oxygen atoms in total. The first-order valence-electron chi connectivity index (χ1n) is 8.18. The fourth-order valence-electron chi connectivity index (χ4n) is 2.38. The van der Waals surface area contributed by atoms with Crippen molar-refractivity contribution in [1.82, 2.24) is 0 Å². The Balaban J connectivity index is 2.04. The minimum Gasteiger partial charge on any atom is -0.479 e. The maximum absolute atomic E-state index is 11.8. The molecule has 0 aromatic heterocycles. The zero-order valence-corrected chi connectivity index (χ0v) is 15.8. The molecular weight excluding hydrogens is 371 g/mol. The van der Waals surface area contributed by atoms with Crippen LogP contribution in [0.25, 0.3) is 0 Å². The van der Waals surface area contributed by atoms with Crippen molar-refractivity contribution in [2.45, 2.75) is 62.1 Å². The molecule has 0 atom stereocenters. The third-order valence-electron chi connectivity index (χ3n) is 3.84. The van der Waals surface area contributed by atoms with E-state index in [-0.39, 0.29) is 12.2 Å². The maximum Gasteiger partial charge on any atom is 0.340 e. The molecule has 1 rings (SSSR count). The summed E-state index contributed by atoms with van der Waals surface area (Å²) in [6, 6.07) is 7.77. The second kappa shape index (κ2) is 11.0. The molecule has 0 aliphatic carbocycles. The molecule has 0 unspecified atom stereocenters. The van der Waals surface area contributed by atoms with E-state index in [0.717, 1.165) is 37.1 Å². The summed E-state index contributed by atoms with van der Waals surface area (Å²) in [4.78, 5) is 22.5. The summed E-state index contributed by atoms with van der Waals surface area (Å²) in [5, 5.41) is 9.51. The van der Waals surface area contributed by atoms with Gasteiger partial charge >= 0.3 is 5.97 Å². The number of aliphatic carboxylic acids is 1. The Labute approximate surface area is 158 Å². The van der Waals surface area contributed by atoms with Crippen LogP contribution < -0.4 is 0 Å². The number of hydrogen-bond acceptors (Lipinski definition) is 2. The molecule has 0 heterocycles. The molecule has 6 heteroatoms. The summed E-state index contributed by atoms with van der Waals surface area (Å²) in [6.07, 6.45) is 6.24. The molecule has 0 aliphatic rings. The average Bonchev–Trinajstić information content (AvgIpc) is 2.52. The normalized spacial score (nSPS) is 11.5. The number of rotatable bonds is 12. The smallest absolute Gasteiger partial charge is 0.340 e. The monoisotopic (exact) mass is 392 g/mol. The number of carbonyl (C=O) groups excluding carboxylic acids is 1. The molecule has 0 saturated carbocycles. The predicted octanol–water partition coefficient (Wildman–Crippen LogP) is 5.83. The Hall–Kier alpha value is -0.770. The summed E-state index contributed by atoms with van der Waals surface area (Å²) in [6.45, 7) is 0. The quantitative estimate of drug-likeness (QED) is 0.359. The van der Waals surface area contributed by atoms with Crippen molar-refractivity contribution in [3.8, 4) is 0 Å². The van der Waals surface area contributed by atoms with Crippen LogP contribution >= 0.6 is 34.8 Å². The average molecular weight is 394 g/mol. The van der Waals surface area contributed by atoms with E-state index in [0.29, 0.717) is 19.3 Å². The Kier molecular flexibility index (Phi) is 9.72. The number of aryl methyl sites for hydroxylation is 1. The lowest BCUT2D eigenvalue weighted by Crippen LogP contribution is -2.25. The Morgan fingerprint density at radius 2 is 1.50 bits per heavy atom. The number of hydrogen-bond donors (Lipinski definition) is 1. The minimum atomic E-state index is -1.72. The van der Waals surface area contributed by atoms with E-state index in [1.165, 1.54) is 5.56 Å². The molecule has 0 fully saturated rings. The predicted molar refractivity (Wildman–Crippen MR) is 99.2 cm³/mol. The van der Waals surface area contributed by atoms with Gasteiger partial charge in [-0.15, -0.1) is 0 Å². The van der Waals surface area contributed by atoms with Gasteiger partial charge in [-0.3, -0.25) is 4.79 Å².